The molecule has 0 saturated carbocycles. The number of benzene rings is 3. The van der Waals surface area contributed by atoms with Gasteiger partial charge in [0.25, 0.3) is 0 Å². The number of carbonyl (C=O) groups excluding carboxylic acids is 1. The normalized spacial score (nSPS) is 15.2. The number of ether oxygens (including phenoxy) is 1. The number of nitrogens with one attached hydrogen (secondary N) is 1. The Kier molecular flexibility index (Phi) is 5.33. The highest BCUT2D eigenvalue weighted by molar-refractivity contribution is 9.10. The first-order valence-electron chi connectivity index (χ1n) is 10.3. The number of halogens is 1. The number of carbonyl (C=O) groups is 1. The Morgan fingerprint density at radius 3 is 2.66 bits per heavy atom. The smallest absolute Gasteiger partial charge is 0.232 e. The Hall–Kier alpha value is -3.35. The first-order valence-corrected chi connectivity index (χ1v) is 11.1. The highest BCUT2D eigenvalue weighted by atomic mass is 79.9. The molecule has 1 aliphatic heterocycles. The molecule has 0 saturated heterocycles. The van der Waals surface area contributed by atoms with E-state index in [0.29, 0.717) is 29.2 Å². The Morgan fingerprint density at radius 2 is 1.84 bits per heavy atom. The Morgan fingerprint density at radius 1 is 1.03 bits per heavy atom. The lowest BCUT2D eigenvalue weighted by molar-refractivity contribution is -0.907. The summed E-state index contributed by atoms with van der Waals surface area (Å²) in [6, 6.07) is 20.6. The summed E-state index contributed by atoms with van der Waals surface area (Å²) < 4.78 is 12.7. The second kappa shape index (κ2) is 8.30. The summed E-state index contributed by atoms with van der Waals surface area (Å²) >= 11 is 3.45. The highest BCUT2D eigenvalue weighted by Crippen LogP contribution is 2.38. The number of allylic oxidation sites excluding steroid dienone is 1. The number of rotatable bonds is 5. The second-order valence-electron chi connectivity index (χ2n) is 7.99. The molecule has 1 aliphatic rings. The Bertz CT molecular complexity index is 1360. The van der Waals surface area contributed by atoms with Gasteiger partial charge in [-0.1, -0.05) is 58.1 Å². The van der Waals surface area contributed by atoms with Crippen molar-refractivity contribution in [3.05, 3.63) is 99.4 Å². The van der Waals surface area contributed by atoms with Crippen LogP contribution in [0.15, 0.2) is 81.4 Å². The molecular weight excluding hydrogens is 470 g/mol. The molecule has 6 heteroatoms. The zero-order chi connectivity index (χ0) is 22.2. The zero-order valence-corrected chi connectivity index (χ0v) is 18.9. The molecule has 1 N–H and O–H groups in total. The zero-order valence-electron chi connectivity index (χ0n) is 17.4. The van der Waals surface area contributed by atoms with Crippen LogP contribution in [0.2, 0.25) is 0 Å². The van der Waals surface area contributed by atoms with E-state index in [1.165, 1.54) is 11.6 Å². The SMILES string of the molecule is C[NH+](Cc1ccccc1)Cc1c([O-])ccc2c1OC(=Cc1cc3cc(Br)ccc3o1)C2=O. The fourth-order valence-electron chi connectivity index (χ4n) is 4.00. The van der Waals surface area contributed by atoms with Crippen LogP contribution in [0.4, 0.5) is 0 Å². The monoisotopic (exact) mass is 489 g/mol. The minimum absolute atomic E-state index is 0.126. The van der Waals surface area contributed by atoms with E-state index in [1.807, 2.05) is 49.5 Å². The fourth-order valence-corrected chi connectivity index (χ4v) is 4.38. The largest absolute Gasteiger partial charge is 0.872 e. The van der Waals surface area contributed by atoms with E-state index in [0.717, 1.165) is 26.9 Å². The van der Waals surface area contributed by atoms with Crippen molar-refractivity contribution in [2.24, 2.45) is 0 Å². The van der Waals surface area contributed by atoms with Crippen molar-refractivity contribution in [3.63, 3.8) is 0 Å². The van der Waals surface area contributed by atoms with Crippen LogP contribution in [-0.2, 0) is 13.1 Å². The van der Waals surface area contributed by atoms with Gasteiger partial charge in [0, 0.05) is 27.1 Å². The quantitative estimate of drug-likeness (QED) is 0.428. The molecule has 5 nitrogen and oxygen atoms in total. The van der Waals surface area contributed by atoms with E-state index in [9.17, 15) is 9.90 Å². The van der Waals surface area contributed by atoms with Crippen molar-refractivity contribution in [1.82, 2.24) is 0 Å². The van der Waals surface area contributed by atoms with Crippen LogP contribution < -0.4 is 14.7 Å². The van der Waals surface area contributed by atoms with Crippen LogP contribution in [0.25, 0.3) is 17.0 Å². The molecule has 32 heavy (non-hydrogen) atoms. The Balaban J connectivity index is 1.43. The standard InChI is InChI=1S/C26H20BrNO4/c1-28(14-16-5-3-2-4-6-16)15-21-22(29)9-8-20-25(30)24(32-26(20)21)13-19-12-17-11-18(27)7-10-23(17)31-19/h2-13,29H,14-15H2,1H3. The lowest BCUT2D eigenvalue weighted by Crippen LogP contribution is -3.06. The number of hydrogen-bond acceptors (Lipinski definition) is 4. The van der Waals surface area contributed by atoms with E-state index in [-0.39, 0.29) is 17.3 Å². The van der Waals surface area contributed by atoms with Crippen molar-refractivity contribution >= 4 is 38.8 Å². The van der Waals surface area contributed by atoms with E-state index in [1.54, 1.807) is 12.1 Å². The van der Waals surface area contributed by atoms with Crippen molar-refractivity contribution in [2.45, 2.75) is 13.1 Å². The fraction of sp³-hybridized carbons (Fsp3) is 0.115. The summed E-state index contributed by atoms with van der Waals surface area (Å²) in [6.45, 7) is 1.21. The van der Waals surface area contributed by atoms with Gasteiger partial charge in [0.15, 0.2) is 5.76 Å². The average molecular weight is 490 g/mol. The molecule has 160 valence electrons. The maximum absolute atomic E-state index is 13.0. The van der Waals surface area contributed by atoms with Crippen LogP contribution in [0.5, 0.6) is 11.5 Å². The lowest BCUT2D eigenvalue weighted by atomic mass is 10.0. The second-order valence-corrected chi connectivity index (χ2v) is 8.90. The summed E-state index contributed by atoms with van der Waals surface area (Å²) in [7, 11) is 2.02. The van der Waals surface area contributed by atoms with Crippen LogP contribution in [0, 0.1) is 0 Å². The van der Waals surface area contributed by atoms with Gasteiger partial charge in [-0.2, -0.15) is 0 Å². The first-order chi connectivity index (χ1) is 15.5. The number of ketones is 1. The van der Waals surface area contributed by atoms with Crippen LogP contribution >= 0.6 is 15.9 Å². The summed E-state index contributed by atoms with van der Waals surface area (Å²) in [5.41, 5.74) is 2.83. The minimum atomic E-state index is -0.247. The molecular formula is C26H20BrNO4. The molecule has 0 radical (unpaired) electrons. The molecule has 1 unspecified atom stereocenters. The van der Waals surface area contributed by atoms with E-state index in [4.69, 9.17) is 9.15 Å². The number of furan rings is 1. The first kappa shape index (κ1) is 20.5. The third-order valence-electron chi connectivity index (χ3n) is 5.50. The van der Waals surface area contributed by atoms with Gasteiger partial charge in [0.05, 0.1) is 12.6 Å². The van der Waals surface area contributed by atoms with Crippen LogP contribution in [0.1, 0.15) is 27.2 Å². The third kappa shape index (κ3) is 3.95. The molecule has 0 spiro atoms. The van der Waals surface area contributed by atoms with Crippen molar-refractivity contribution in [3.8, 4) is 11.5 Å². The summed E-state index contributed by atoms with van der Waals surface area (Å²) in [5, 5.41) is 13.6. The van der Waals surface area contributed by atoms with Crippen molar-refractivity contribution in [2.75, 3.05) is 7.05 Å². The molecule has 4 aromatic rings. The predicted octanol–water partition coefficient (Wildman–Crippen LogP) is 4.10. The molecule has 0 aliphatic carbocycles. The molecule has 3 aromatic carbocycles. The van der Waals surface area contributed by atoms with E-state index < -0.39 is 0 Å². The summed E-state index contributed by atoms with van der Waals surface area (Å²) in [5.74, 6) is 0.665. The molecule has 0 fully saturated rings. The maximum Gasteiger partial charge on any atom is 0.232 e. The highest BCUT2D eigenvalue weighted by Gasteiger charge is 2.31. The van der Waals surface area contributed by atoms with Gasteiger partial charge in [0.1, 0.15) is 30.2 Å². The van der Waals surface area contributed by atoms with Gasteiger partial charge in [-0.3, -0.25) is 4.79 Å². The number of fused-ring (bicyclic) bond motifs is 2. The van der Waals surface area contributed by atoms with E-state index in [2.05, 4.69) is 28.1 Å². The molecule has 1 aromatic heterocycles. The summed E-state index contributed by atoms with van der Waals surface area (Å²) in [4.78, 5) is 14.1. The van der Waals surface area contributed by atoms with Gasteiger partial charge >= 0.3 is 0 Å². The third-order valence-corrected chi connectivity index (χ3v) is 5.99. The lowest BCUT2D eigenvalue weighted by Gasteiger charge is -2.20. The van der Waals surface area contributed by atoms with Gasteiger partial charge in [-0.25, -0.2) is 0 Å². The van der Waals surface area contributed by atoms with Gasteiger partial charge in [-0.05, 0) is 30.3 Å². The molecule has 0 amide bonds. The number of quaternary nitrogens is 1. The van der Waals surface area contributed by atoms with Crippen LogP contribution in [0.3, 0.4) is 0 Å². The summed E-state index contributed by atoms with van der Waals surface area (Å²) in [6.07, 6.45) is 1.59. The molecule has 5 rings (SSSR count). The van der Waals surface area contributed by atoms with Gasteiger partial charge < -0.3 is 19.2 Å². The number of hydrogen-bond donors (Lipinski definition) is 1. The average Bonchev–Trinajstić information content (AvgIpc) is 3.31. The van der Waals surface area contributed by atoms with Crippen molar-refractivity contribution < 1.29 is 24.0 Å². The molecule has 1 atom stereocenters. The maximum atomic E-state index is 13.0. The van der Waals surface area contributed by atoms with Crippen LogP contribution in [-0.4, -0.2) is 12.8 Å². The predicted molar refractivity (Wildman–Crippen MR) is 123 cm³/mol. The topological polar surface area (TPSA) is 66.9 Å². The van der Waals surface area contributed by atoms with Gasteiger partial charge in [-0.15, -0.1) is 0 Å². The van der Waals surface area contributed by atoms with Crippen molar-refractivity contribution in [1.29, 1.82) is 0 Å². The Labute approximate surface area is 193 Å². The molecule has 2 heterocycles. The number of Topliss-reactive ketones (excluding diaryl/α,β-unsaturated/α-hetero) is 1. The molecule has 0 bridgehead atoms. The van der Waals surface area contributed by atoms with Gasteiger partial charge in [0.2, 0.25) is 5.78 Å². The minimum Gasteiger partial charge on any atom is -0.872 e. The van der Waals surface area contributed by atoms with E-state index >= 15 is 0 Å².